The monoisotopic (exact) mass is 726 g/mol. The molecule has 0 saturated heterocycles. The lowest BCUT2D eigenvalue weighted by Crippen LogP contribution is -2.55. The van der Waals surface area contributed by atoms with E-state index < -0.39 is 18.1 Å². The first kappa shape index (κ1) is 48.5. The fraction of sp³-hybridized carbons (Fsp3) is 0.614. The number of carboxylic acid groups (broad SMARTS) is 1. The highest BCUT2D eigenvalue weighted by Crippen LogP contribution is 2.11. The lowest BCUT2D eigenvalue weighted by Gasteiger charge is -2.34. The SMILES string of the molecule is CC/C=C\C/C=C\C/C=C\C/C=C\CCCCC(=O)OC(COCCC(C(=O)[O-])[N+](C)(C)C)COC(=O)CCCCC/C=C\C/C=C\C/C=C\CC. The van der Waals surface area contributed by atoms with Gasteiger partial charge >= 0.3 is 11.9 Å². The van der Waals surface area contributed by atoms with Gasteiger partial charge in [0, 0.05) is 19.3 Å². The molecule has 52 heavy (non-hydrogen) atoms. The summed E-state index contributed by atoms with van der Waals surface area (Å²) in [5.41, 5.74) is 0. The van der Waals surface area contributed by atoms with Gasteiger partial charge in [0.2, 0.25) is 0 Å². The van der Waals surface area contributed by atoms with Crippen LogP contribution in [0.4, 0.5) is 0 Å². The zero-order valence-corrected chi connectivity index (χ0v) is 33.2. The van der Waals surface area contributed by atoms with Crippen LogP contribution in [-0.2, 0) is 28.6 Å². The highest BCUT2D eigenvalue weighted by atomic mass is 16.6. The zero-order valence-electron chi connectivity index (χ0n) is 33.2. The molecule has 2 atom stereocenters. The molecule has 8 nitrogen and oxygen atoms in total. The number of unbranched alkanes of at least 4 members (excludes halogenated alkanes) is 5. The summed E-state index contributed by atoms with van der Waals surface area (Å²) in [7, 11) is 5.36. The molecule has 0 amide bonds. The fourth-order valence-electron chi connectivity index (χ4n) is 5.01. The van der Waals surface area contributed by atoms with E-state index in [1.165, 1.54) is 0 Å². The second-order valence-electron chi connectivity index (χ2n) is 13.7. The van der Waals surface area contributed by atoms with Crippen LogP contribution in [0, 0.1) is 0 Å². The Morgan fingerprint density at radius 2 is 1.02 bits per heavy atom. The van der Waals surface area contributed by atoms with Crippen molar-refractivity contribution in [1.82, 2.24) is 0 Å². The predicted octanol–water partition coefficient (Wildman–Crippen LogP) is 8.85. The van der Waals surface area contributed by atoms with Gasteiger partial charge < -0.3 is 28.6 Å². The minimum absolute atomic E-state index is 0.00878. The van der Waals surface area contributed by atoms with Crippen molar-refractivity contribution < 1.29 is 38.2 Å². The Balaban J connectivity index is 4.56. The van der Waals surface area contributed by atoms with E-state index in [1.807, 2.05) is 0 Å². The standard InChI is InChI=1S/C44H71NO7/c1-6-8-10-12-14-16-18-20-21-23-25-27-29-31-33-35-43(47)52-40(38-50-37-36-41(44(48)49)45(3,4)5)39-51-42(46)34-32-30-28-26-24-22-19-17-15-13-11-9-7-2/h8-11,14-17,20-22,24-25,27,40-41H,6-7,12-13,18-19,23,26,28-39H2,1-5H3/b10-8-,11-9-,16-14-,17-15-,21-20-,24-22-,27-25-. The fourth-order valence-corrected chi connectivity index (χ4v) is 5.01. The van der Waals surface area contributed by atoms with E-state index in [0.717, 1.165) is 83.5 Å². The van der Waals surface area contributed by atoms with Gasteiger partial charge in [0.1, 0.15) is 12.6 Å². The molecular formula is C44H71NO7. The Morgan fingerprint density at radius 1 is 0.577 bits per heavy atom. The van der Waals surface area contributed by atoms with Crippen molar-refractivity contribution in [1.29, 1.82) is 0 Å². The molecule has 0 bridgehead atoms. The van der Waals surface area contributed by atoms with Crippen LogP contribution in [0.3, 0.4) is 0 Å². The van der Waals surface area contributed by atoms with Gasteiger partial charge in [-0.1, -0.05) is 105 Å². The molecule has 294 valence electrons. The van der Waals surface area contributed by atoms with Crippen LogP contribution in [0.1, 0.15) is 123 Å². The lowest BCUT2D eigenvalue weighted by atomic mass is 10.1. The molecule has 0 aliphatic rings. The summed E-state index contributed by atoms with van der Waals surface area (Å²) < 4.78 is 17.0. The van der Waals surface area contributed by atoms with Gasteiger partial charge in [-0.05, 0) is 83.5 Å². The summed E-state index contributed by atoms with van der Waals surface area (Å²) in [4.78, 5) is 36.7. The number of carboxylic acids is 1. The molecule has 0 radical (unpaired) electrons. The number of aliphatic carboxylic acids is 1. The number of ether oxygens (including phenoxy) is 3. The average molecular weight is 726 g/mol. The molecule has 0 aromatic carbocycles. The quantitative estimate of drug-likeness (QED) is 0.0288. The van der Waals surface area contributed by atoms with Gasteiger partial charge in [-0.15, -0.1) is 0 Å². The molecule has 0 N–H and O–H groups in total. The molecule has 0 rings (SSSR count). The third-order valence-corrected chi connectivity index (χ3v) is 8.03. The van der Waals surface area contributed by atoms with E-state index >= 15 is 0 Å². The first-order valence-electron chi connectivity index (χ1n) is 19.6. The maximum atomic E-state index is 12.6. The summed E-state index contributed by atoms with van der Waals surface area (Å²) >= 11 is 0. The van der Waals surface area contributed by atoms with Crippen molar-refractivity contribution in [3.05, 3.63) is 85.1 Å². The maximum absolute atomic E-state index is 12.6. The number of likely N-dealkylation sites (N-methyl/N-ethyl adjacent to an activating group) is 1. The number of hydrogen-bond donors (Lipinski definition) is 0. The molecule has 0 heterocycles. The minimum atomic E-state index is -1.14. The van der Waals surface area contributed by atoms with Gasteiger partial charge in [-0.25, -0.2) is 0 Å². The number of carbonyl (C=O) groups excluding carboxylic acids is 3. The zero-order chi connectivity index (χ0) is 38.5. The minimum Gasteiger partial charge on any atom is -0.544 e. The van der Waals surface area contributed by atoms with E-state index in [9.17, 15) is 19.5 Å². The molecule has 0 aliphatic carbocycles. The van der Waals surface area contributed by atoms with E-state index in [0.29, 0.717) is 12.8 Å². The molecule has 0 aromatic rings. The Kier molecular flexibility index (Phi) is 32.3. The number of rotatable bonds is 33. The van der Waals surface area contributed by atoms with Crippen LogP contribution in [0.5, 0.6) is 0 Å². The number of carbonyl (C=O) groups is 3. The van der Waals surface area contributed by atoms with E-state index in [1.54, 1.807) is 21.1 Å². The topological polar surface area (TPSA) is 102 Å². The highest BCUT2D eigenvalue weighted by molar-refractivity contribution is 5.70. The van der Waals surface area contributed by atoms with Crippen molar-refractivity contribution in [2.24, 2.45) is 0 Å². The van der Waals surface area contributed by atoms with Crippen molar-refractivity contribution in [2.75, 3.05) is 41.0 Å². The maximum Gasteiger partial charge on any atom is 0.306 e. The van der Waals surface area contributed by atoms with E-state index in [-0.39, 0.29) is 49.1 Å². The number of quaternary nitrogens is 1. The number of nitrogens with zero attached hydrogens (tertiary/aromatic N) is 1. The Bertz CT molecular complexity index is 1120. The van der Waals surface area contributed by atoms with Gasteiger partial charge in [0.05, 0.1) is 40.3 Å². The molecule has 0 aromatic heterocycles. The van der Waals surface area contributed by atoms with Crippen LogP contribution in [0.15, 0.2) is 85.1 Å². The molecule has 2 unspecified atom stereocenters. The first-order valence-corrected chi connectivity index (χ1v) is 19.6. The first-order chi connectivity index (χ1) is 25.1. The summed E-state index contributed by atoms with van der Waals surface area (Å²) in [6.45, 7) is 4.32. The average Bonchev–Trinajstić information content (AvgIpc) is 3.09. The third kappa shape index (κ3) is 32.4. The Labute approximate surface area is 316 Å². The van der Waals surface area contributed by atoms with Crippen LogP contribution in [0.2, 0.25) is 0 Å². The van der Waals surface area contributed by atoms with E-state index in [2.05, 4.69) is 98.9 Å². The highest BCUT2D eigenvalue weighted by Gasteiger charge is 2.25. The smallest absolute Gasteiger partial charge is 0.306 e. The number of esters is 2. The summed E-state index contributed by atoms with van der Waals surface area (Å²) in [6, 6.07) is -0.741. The van der Waals surface area contributed by atoms with Gasteiger partial charge in [-0.3, -0.25) is 9.59 Å². The van der Waals surface area contributed by atoms with Gasteiger partial charge in [-0.2, -0.15) is 0 Å². The second kappa shape index (κ2) is 34.6. The van der Waals surface area contributed by atoms with Crippen molar-refractivity contribution in [3.63, 3.8) is 0 Å². The lowest BCUT2D eigenvalue weighted by molar-refractivity contribution is -0.889. The Hall–Kier alpha value is -3.49. The predicted molar refractivity (Wildman–Crippen MR) is 212 cm³/mol. The summed E-state index contributed by atoms with van der Waals surface area (Å²) in [5.74, 6) is -1.85. The van der Waals surface area contributed by atoms with Gasteiger partial charge in [0.15, 0.2) is 6.10 Å². The van der Waals surface area contributed by atoms with Crippen molar-refractivity contribution >= 4 is 17.9 Å². The molecule has 0 spiro atoms. The largest absolute Gasteiger partial charge is 0.544 e. The summed E-state index contributed by atoms with van der Waals surface area (Å²) in [5, 5.41) is 11.6. The van der Waals surface area contributed by atoms with Gasteiger partial charge in [0.25, 0.3) is 0 Å². The molecule has 0 saturated carbocycles. The molecule has 0 aliphatic heterocycles. The van der Waals surface area contributed by atoms with E-state index in [4.69, 9.17) is 14.2 Å². The molecular weight excluding hydrogens is 654 g/mol. The molecule has 8 heteroatoms. The van der Waals surface area contributed by atoms with Crippen molar-refractivity contribution in [2.45, 2.75) is 135 Å². The van der Waals surface area contributed by atoms with Crippen LogP contribution < -0.4 is 5.11 Å². The Morgan fingerprint density at radius 3 is 1.50 bits per heavy atom. The second-order valence-corrected chi connectivity index (χ2v) is 13.7. The number of hydrogen-bond acceptors (Lipinski definition) is 7. The van der Waals surface area contributed by atoms with Crippen LogP contribution >= 0.6 is 0 Å². The number of allylic oxidation sites excluding steroid dienone is 14. The van der Waals surface area contributed by atoms with Crippen LogP contribution in [-0.4, -0.2) is 75.5 Å². The van der Waals surface area contributed by atoms with Crippen LogP contribution in [0.25, 0.3) is 0 Å². The summed E-state index contributed by atoms with van der Waals surface area (Å²) in [6.07, 6.45) is 43.3. The third-order valence-electron chi connectivity index (χ3n) is 8.03. The molecule has 0 fully saturated rings. The van der Waals surface area contributed by atoms with Crippen molar-refractivity contribution in [3.8, 4) is 0 Å². The normalized spacial score (nSPS) is 13.9.